The van der Waals surface area contributed by atoms with Crippen molar-refractivity contribution in [2.45, 2.75) is 56.8 Å². The molecular formula is C40H38N4O8S2. The maximum Gasteiger partial charge on any atom is 0.354 e. The Balaban J connectivity index is 1.18. The highest BCUT2D eigenvalue weighted by Crippen LogP contribution is 2.39. The predicted octanol–water partition coefficient (Wildman–Crippen LogP) is 7.31. The fraction of sp³-hybridized carbons (Fsp3) is 0.225. The molecule has 0 unspecified atom stereocenters. The second-order valence-electron chi connectivity index (χ2n) is 12.8. The maximum atomic E-state index is 13.9. The quantitative estimate of drug-likeness (QED) is 0.0900. The number of aromatic carboxylic acids is 2. The second-order valence-corrected chi connectivity index (χ2v) is 15.8. The van der Waals surface area contributed by atoms with Gasteiger partial charge in [-0.05, 0) is 116 Å². The number of carboxylic acid groups (broad SMARTS) is 2. The molecule has 54 heavy (non-hydrogen) atoms. The number of anilines is 3. The van der Waals surface area contributed by atoms with E-state index in [9.17, 15) is 32.7 Å². The van der Waals surface area contributed by atoms with E-state index in [0.29, 0.717) is 29.1 Å². The van der Waals surface area contributed by atoms with E-state index in [1.54, 1.807) is 24.3 Å². The van der Waals surface area contributed by atoms with Crippen LogP contribution >= 0.6 is 11.3 Å². The first-order valence-electron chi connectivity index (χ1n) is 17.4. The number of amides is 2. The van der Waals surface area contributed by atoms with Crippen LogP contribution < -0.4 is 14.9 Å². The van der Waals surface area contributed by atoms with Gasteiger partial charge in [0.05, 0.1) is 27.9 Å². The Labute approximate surface area is 316 Å². The van der Waals surface area contributed by atoms with E-state index < -0.39 is 27.9 Å². The van der Waals surface area contributed by atoms with Gasteiger partial charge in [0.1, 0.15) is 10.7 Å². The Morgan fingerprint density at radius 3 is 2.11 bits per heavy atom. The first-order chi connectivity index (χ1) is 25.9. The number of rotatable bonds is 14. The number of sulfonamides is 1. The molecule has 2 amide bonds. The van der Waals surface area contributed by atoms with Gasteiger partial charge in [0.2, 0.25) is 0 Å². The molecule has 2 aromatic heterocycles. The van der Waals surface area contributed by atoms with Crippen molar-refractivity contribution in [3.63, 3.8) is 0 Å². The standard InChI is InChI=1S/C40H38N4O8S2/c1-2-22-44(30-20-21-33(40(49)50)41-24-30)54(51,52)31-7-5-6-28(23-31)36(45)43-38-35(32-8-3-4-9-34(32)53-38)37(46)42-29-18-14-26(15-19-29)11-10-25-12-16-27(17-13-25)39(47)48/h5-7,12-21,23-24H,2-4,8-11,22H2,1H3,(H,42,46)(H,43,45)(H,47,48)(H,49,50). The number of hydrogen-bond donors (Lipinski definition) is 4. The fourth-order valence-electron chi connectivity index (χ4n) is 6.30. The minimum Gasteiger partial charge on any atom is -0.478 e. The average Bonchev–Trinajstić information content (AvgIpc) is 3.54. The number of pyridine rings is 1. The van der Waals surface area contributed by atoms with Crippen molar-refractivity contribution < 1.29 is 37.8 Å². The third kappa shape index (κ3) is 8.50. The van der Waals surface area contributed by atoms with Crippen molar-refractivity contribution in [3.05, 3.63) is 135 Å². The summed E-state index contributed by atoms with van der Waals surface area (Å²) in [4.78, 5) is 54.7. The van der Waals surface area contributed by atoms with Gasteiger partial charge < -0.3 is 20.8 Å². The number of carbonyl (C=O) groups excluding carboxylic acids is 2. The van der Waals surface area contributed by atoms with E-state index in [-0.39, 0.29) is 39.9 Å². The number of fused-ring (bicyclic) bond motifs is 1. The number of nitrogens with one attached hydrogen (secondary N) is 2. The topological polar surface area (TPSA) is 183 Å². The molecule has 6 rings (SSSR count). The summed E-state index contributed by atoms with van der Waals surface area (Å²) >= 11 is 1.35. The third-order valence-corrected chi connectivity index (χ3v) is 12.1. The van der Waals surface area contributed by atoms with Crippen molar-refractivity contribution in [2.75, 3.05) is 21.5 Å². The zero-order valence-electron chi connectivity index (χ0n) is 29.4. The molecule has 3 aromatic carbocycles. The van der Waals surface area contributed by atoms with Crippen LogP contribution in [0.4, 0.5) is 16.4 Å². The summed E-state index contributed by atoms with van der Waals surface area (Å²) in [5.41, 5.74) is 4.24. The van der Waals surface area contributed by atoms with Gasteiger partial charge in [0.25, 0.3) is 21.8 Å². The van der Waals surface area contributed by atoms with Crippen molar-refractivity contribution in [2.24, 2.45) is 0 Å². The summed E-state index contributed by atoms with van der Waals surface area (Å²) in [6.07, 6.45) is 6.47. The lowest BCUT2D eigenvalue weighted by atomic mass is 9.95. The normalized spacial score (nSPS) is 12.4. The van der Waals surface area contributed by atoms with E-state index in [1.807, 2.05) is 31.2 Å². The van der Waals surface area contributed by atoms with Crippen molar-refractivity contribution in [1.29, 1.82) is 0 Å². The molecule has 1 aliphatic carbocycles. The highest BCUT2D eigenvalue weighted by atomic mass is 32.2. The van der Waals surface area contributed by atoms with Gasteiger partial charge in [-0.15, -0.1) is 11.3 Å². The van der Waals surface area contributed by atoms with E-state index in [1.165, 1.54) is 53.9 Å². The van der Waals surface area contributed by atoms with Crippen LogP contribution in [0.25, 0.3) is 0 Å². The summed E-state index contributed by atoms with van der Waals surface area (Å²) in [5, 5.41) is 24.6. The summed E-state index contributed by atoms with van der Waals surface area (Å²) in [6.45, 7) is 1.91. The van der Waals surface area contributed by atoms with E-state index in [0.717, 1.165) is 58.0 Å². The Morgan fingerprint density at radius 2 is 1.48 bits per heavy atom. The number of thiophene rings is 1. The van der Waals surface area contributed by atoms with Crippen LogP contribution in [-0.2, 0) is 35.7 Å². The van der Waals surface area contributed by atoms with Crippen LogP contribution in [0.15, 0.2) is 96.0 Å². The zero-order valence-corrected chi connectivity index (χ0v) is 31.0. The smallest absolute Gasteiger partial charge is 0.354 e. The van der Waals surface area contributed by atoms with E-state index in [2.05, 4.69) is 15.6 Å². The van der Waals surface area contributed by atoms with Crippen LogP contribution in [0, 0.1) is 0 Å². The summed E-state index contributed by atoms with van der Waals surface area (Å²) in [6, 6.07) is 22.6. The van der Waals surface area contributed by atoms with Gasteiger partial charge >= 0.3 is 11.9 Å². The number of aromatic nitrogens is 1. The number of hydrogen-bond acceptors (Lipinski definition) is 8. The van der Waals surface area contributed by atoms with Crippen molar-refractivity contribution >= 4 is 61.5 Å². The maximum absolute atomic E-state index is 13.9. The first kappa shape index (κ1) is 37.9. The number of benzene rings is 3. The Kier molecular flexibility index (Phi) is 11.5. The minimum absolute atomic E-state index is 0.0815. The average molecular weight is 767 g/mol. The zero-order chi connectivity index (χ0) is 38.4. The summed E-state index contributed by atoms with van der Waals surface area (Å²) in [5.74, 6) is -3.13. The molecule has 0 saturated carbocycles. The molecule has 2 heterocycles. The third-order valence-electron chi connectivity index (χ3n) is 9.11. The summed E-state index contributed by atoms with van der Waals surface area (Å²) < 4.78 is 28.9. The highest BCUT2D eigenvalue weighted by molar-refractivity contribution is 7.92. The minimum atomic E-state index is -4.18. The molecule has 0 fully saturated rings. The van der Waals surface area contributed by atoms with Crippen molar-refractivity contribution in [3.8, 4) is 0 Å². The van der Waals surface area contributed by atoms with Crippen LogP contribution in [0.1, 0.15) is 89.3 Å². The molecule has 0 radical (unpaired) electrons. The van der Waals surface area contributed by atoms with Gasteiger partial charge in [-0.25, -0.2) is 23.0 Å². The molecule has 278 valence electrons. The molecule has 4 N–H and O–H groups in total. The number of carboxylic acids is 2. The number of aryl methyl sites for hydroxylation is 3. The molecule has 1 aliphatic rings. The van der Waals surface area contributed by atoms with Gasteiger partial charge in [0, 0.05) is 22.7 Å². The van der Waals surface area contributed by atoms with Crippen molar-refractivity contribution in [1.82, 2.24) is 4.98 Å². The van der Waals surface area contributed by atoms with Crippen LogP contribution in [0.5, 0.6) is 0 Å². The van der Waals surface area contributed by atoms with Crippen LogP contribution in [0.2, 0.25) is 0 Å². The molecule has 0 spiro atoms. The molecule has 0 bridgehead atoms. The number of carbonyl (C=O) groups is 4. The molecule has 12 nitrogen and oxygen atoms in total. The number of nitrogens with zero attached hydrogens (tertiary/aromatic N) is 2. The fourth-order valence-corrected chi connectivity index (χ4v) is 9.17. The van der Waals surface area contributed by atoms with Gasteiger partial charge in [0.15, 0.2) is 0 Å². The lowest BCUT2D eigenvalue weighted by Gasteiger charge is -2.24. The SMILES string of the molecule is CCCN(c1ccc(C(=O)O)nc1)S(=O)(=O)c1cccc(C(=O)Nc2sc3c(c2C(=O)Nc2ccc(CCc4ccc(C(=O)O)cc4)cc2)CCCC3)c1. The molecule has 5 aromatic rings. The molecule has 0 aliphatic heterocycles. The van der Waals surface area contributed by atoms with Gasteiger partial charge in [-0.3, -0.25) is 13.9 Å². The largest absolute Gasteiger partial charge is 0.478 e. The van der Waals surface area contributed by atoms with E-state index in [4.69, 9.17) is 5.11 Å². The Bertz CT molecular complexity index is 2300. The Hall–Kier alpha value is -5.86. The molecule has 14 heteroatoms. The summed E-state index contributed by atoms with van der Waals surface area (Å²) in [7, 11) is -4.18. The van der Waals surface area contributed by atoms with Gasteiger partial charge in [-0.1, -0.05) is 37.3 Å². The van der Waals surface area contributed by atoms with Crippen LogP contribution in [-0.4, -0.2) is 53.9 Å². The monoisotopic (exact) mass is 766 g/mol. The lowest BCUT2D eigenvalue weighted by Crippen LogP contribution is -2.32. The molecule has 0 atom stereocenters. The molecular weight excluding hydrogens is 729 g/mol. The molecule has 0 saturated heterocycles. The van der Waals surface area contributed by atoms with Crippen LogP contribution in [0.3, 0.4) is 0 Å². The first-order valence-corrected chi connectivity index (χ1v) is 19.7. The second kappa shape index (κ2) is 16.4. The van der Waals surface area contributed by atoms with Gasteiger partial charge in [-0.2, -0.15) is 0 Å². The lowest BCUT2D eigenvalue weighted by molar-refractivity contribution is 0.0682. The Morgan fingerprint density at radius 1 is 0.796 bits per heavy atom. The highest BCUT2D eigenvalue weighted by Gasteiger charge is 2.29. The predicted molar refractivity (Wildman–Crippen MR) is 207 cm³/mol. The van der Waals surface area contributed by atoms with E-state index >= 15 is 0 Å².